The molecule has 1 fully saturated rings. The number of piperazine rings is 1. The SMILES string of the molecule is O=C(CN1CCN(c2ncccn2)CC1)N1N=C(c2ccco2)C[C@H]1c1cccs1. The molecular formula is C21H22N6O2S. The maximum Gasteiger partial charge on any atom is 0.257 e. The lowest BCUT2D eigenvalue weighted by molar-refractivity contribution is -0.134. The number of hydrazone groups is 1. The van der Waals surface area contributed by atoms with Gasteiger partial charge < -0.3 is 9.32 Å². The number of carbonyl (C=O) groups excluding carboxylic acids is 1. The highest BCUT2D eigenvalue weighted by Gasteiger charge is 2.35. The summed E-state index contributed by atoms with van der Waals surface area (Å²) in [5.74, 6) is 1.48. The largest absolute Gasteiger partial charge is 0.463 e. The van der Waals surface area contributed by atoms with Gasteiger partial charge in [0.1, 0.15) is 11.5 Å². The highest BCUT2D eigenvalue weighted by Crippen LogP contribution is 2.35. The van der Waals surface area contributed by atoms with Gasteiger partial charge in [-0.05, 0) is 29.6 Å². The van der Waals surface area contributed by atoms with Crippen LogP contribution in [0, 0.1) is 0 Å². The van der Waals surface area contributed by atoms with Crippen molar-refractivity contribution in [3.8, 4) is 0 Å². The van der Waals surface area contributed by atoms with Crippen LogP contribution in [0.5, 0.6) is 0 Å². The number of rotatable bonds is 5. The maximum absolute atomic E-state index is 13.2. The Morgan fingerprint density at radius 1 is 1.10 bits per heavy atom. The number of nitrogens with zero attached hydrogens (tertiary/aromatic N) is 6. The molecule has 0 saturated carbocycles. The summed E-state index contributed by atoms with van der Waals surface area (Å²) in [5, 5.41) is 8.34. The van der Waals surface area contributed by atoms with Crippen molar-refractivity contribution in [2.75, 3.05) is 37.6 Å². The lowest BCUT2D eigenvalue weighted by Gasteiger charge is -2.35. The minimum Gasteiger partial charge on any atom is -0.463 e. The number of carbonyl (C=O) groups is 1. The molecule has 154 valence electrons. The monoisotopic (exact) mass is 422 g/mol. The second-order valence-electron chi connectivity index (χ2n) is 7.31. The van der Waals surface area contributed by atoms with E-state index < -0.39 is 0 Å². The predicted molar refractivity (Wildman–Crippen MR) is 114 cm³/mol. The summed E-state index contributed by atoms with van der Waals surface area (Å²) in [7, 11) is 0. The van der Waals surface area contributed by atoms with Crippen LogP contribution in [-0.4, -0.2) is 64.2 Å². The molecule has 30 heavy (non-hydrogen) atoms. The second kappa shape index (κ2) is 8.37. The van der Waals surface area contributed by atoms with Gasteiger partial charge >= 0.3 is 0 Å². The summed E-state index contributed by atoms with van der Waals surface area (Å²) in [5.41, 5.74) is 0.817. The molecule has 0 bridgehead atoms. The number of thiophene rings is 1. The lowest BCUT2D eigenvalue weighted by atomic mass is 10.1. The van der Waals surface area contributed by atoms with Crippen LogP contribution in [0.1, 0.15) is 23.1 Å². The molecule has 5 rings (SSSR count). The first kappa shape index (κ1) is 19.0. The van der Waals surface area contributed by atoms with Crippen molar-refractivity contribution in [2.45, 2.75) is 12.5 Å². The zero-order chi connectivity index (χ0) is 20.3. The van der Waals surface area contributed by atoms with E-state index in [0.29, 0.717) is 13.0 Å². The van der Waals surface area contributed by atoms with E-state index in [1.54, 1.807) is 35.0 Å². The van der Waals surface area contributed by atoms with Crippen LogP contribution >= 0.6 is 11.3 Å². The number of hydrogen-bond donors (Lipinski definition) is 0. The average molecular weight is 423 g/mol. The summed E-state index contributed by atoms with van der Waals surface area (Å²) in [4.78, 5) is 27.3. The van der Waals surface area contributed by atoms with E-state index in [4.69, 9.17) is 4.42 Å². The van der Waals surface area contributed by atoms with E-state index >= 15 is 0 Å². The quantitative estimate of drug-likeness (QED) is 0.629. The molecule has 3 aromatic heterocycles. The Balaban J connectivity index is 1.26. The molecule has 8 nitrogen and oxygen atoms in total. The highest BCUT2D eigenvalue weighted by atomic mass is 32.1. The van der Waals surface area contributed by atoms with Gasteiger partial charge in [0.25, 0.3) is 5.91 Å². The third-order valence-electron chi connectivity index (χ3n) is 5.41. The zero-order valence-electron chi connectivity index (χ0n) is 16.4. The Labute approximate surface area is 178 Å². The van der Waals surface area contributed by atoms with E-state index in [1.165, 1.54) is 0 Å². The van der Waals surface area contributed by atoms with Crippen LogP contribution in [0.3, 0.4) is 0 Å². The molecule has 0 aromatic carbocycles. The van der Waals surface area contributed by atoms with Crippen LogP contribution in [0.4, 0.5) is 5.95 Å². The Bertz CT molecular complexity index is 998. The number of hydrogen-bond acceptors (Lipinski definition) is 8. The molecule has 1 saturated heterocycles. The predicted octanol–water partition coefficient (Wildman–Crippen LogP) is 2.63. The Hall–Kier alpha value is -3.04. The van der Waals surface area contributed by atoms with Crippen molar-refractivity contribution >= 4 is 28.9 Å². The molecule has 0 radical (unpaired) electrons. The third-order valence-corrected chi connectivity index (χ3v) is 6.38. The first-order valence-electron chi connectivity index (χ1n) is 9.99. The van der Waals surface area contributed by atoms with E-state index in [1.807, 2.05) is 29.6 Å². The molecule has 9 heteroatoms. The minimum atomic E-state index is -0.0726. The van der Waals surface area contributed by atoms with Crippen LogP contribution in [0.2, 0.25) is 0 Å². The molecule has 3 aromatic rings. The highest BCUT2D eigenvalue weighted by molar-refractivity contribution is 7.10. The molecule has 0 unspecified atom stereocenters. The summed E-state index contributed by atoms with van der Waals surface area (Å²) < 4.78 is 5.52. The minimum absolute atomic E-state index is 0.0133. The Morgan fingerprint density at radius 3 is 2.63 bits per heavy atom. The topological polar surface area (TPSA) is 78.1 Å². The van der Waals surface area contributed by atoms with E-state index in [0.717, 1.165) is 48.5 Å². The van der Waals surface area contributed by atoms with Gasteiger partial charge in [0.05, 0.1) is 18.8 Å². The van der Waals surface area contributed by atoms with Gasteiger partial charge in [0.2, 0.25) is 5.95 Å². The molecule has 2 aliphatic rings. The summed E-state index contributed by atoms with van der Waals surface area (Å²) in [6.07, 6.45) is 5.81. The number of furan rings is 1. The maximum atomic E-state index is 13.2. The van der Waals surface area contributed by atoms with Crippen LogP contribution in [0.15, 0.2) is 63.9 Å². The molecule has 0 N–H and O–H groups in total. The molecule has 1 amide bonds. The number of anilines is 1. The van der Waals surface area contributed by atoms with Gasteiger partial charge in [-0.1, -0.05) is 6.07 Å². The smallest absolute Gasteiger partial charge is 0.257 e. The van der Waals surface area contributed by atoms with Crippen molar-refractivity contribution in [2.24, 2.45) is 5.10 Å². The second-order valence-corrected chi connectivity index (χ2v) is 8.29. The molecular weight excluding hydrogens is 400 g/mol. The molecule has 1 atom stereocenters. The summed E-state index contributed by atoms with van der Waals surface area (Å²) in [6.45, 7) is 3.52. The Kier molecular flexibility index (Phi) is 5.29. The molecule has 0 aliphatic carbocycles. The Morgan fingerprint density at radius 2 is 1.93 bits per heavy atom. The molecule has 2 aliphatic heterocycles. The van der Waals surface area contributed by atoms with Gasteiger partial charge in [-0.3, -0.25) is 9.69 Å². The van der Waals surface area contributed by atoms with Crippen molar-refractivity contribution in [3.05, 3.63) is 65.0 Å². The fourth-order valence-electron chi connectivity index (χ4n) is 3.86. The summed E-state index contributed by atoms with van der Waals surface area (Å²) in [6, 6.07) is 9.56. The first-order chi connectivity index (χ1) is 14.8. The third kappa shape index (κ3) is 3.86. The summed E-state index contributed by atoms with van der Waals surface area (Å²) >= 11 is 1.65. The van der Waals surface area contributed by atoms with Gasteiger partial charge in [0, 0.05) is 49.9 Å². The van der Waals surface area contributed by atoms with Crippen molar-refractivity contribution in [1.29, 1.82) is 0 Å². The zero-order valence-corrected chi connectivity index (χ0v) is 17.2. The van der Waals surface area contributed by atoms with Crippen LogP contribution < -0.4 is 4.90 Å². The van der Waals surface area contributed by atoms with E-state index in [-0.39, 0.29) is 11.9 Å². The lowest BCUT2D eigenvalue weighted by Crippen LogP contribution is -2.50. The van der Waals surface area contributed by atoms with E-state index in [2.05, 4.69) is 30.9 Å². The van der Waals surface area contributed by atoms with Crippen molar-refractivity contribution < 1.29 is 9.21 Å². The number of aromatic nitrogens is 2. The average Bonchev–Trinajstić information content (AvgIpc) is 3.56. The van der Waals surface area contributed by atoms with Gasteiger partial charge in [-0.15, -0.1) is 11.3 Å². The van der Waals surface area contributed by atoms with Crippen LogP contribution in [-0.2, 0) is 4.79 Å². The first-order valence-corrected chi connectivity index (χ1v) is 10.9. The molecule has 5 heterocycles. The van der Waals surface area contributed by atoms with Gasteiger partial charge in [-0.2, -0.15) is 5.10 Å². The fourth-order valence-corrected chi connectivity index (χ4v) is 4.67. The number of amides is 1. The fraction of sp³-hybridized carbons (Fsp3) is 0.333. The van der Waals surface area contributed by atoms with Crippen molar-refractivity contribution in [1.82, 2.24) is 19.9 Å². The van der Waals surface area contributed by atoms with Crippen molar-refractivity contribution in [3.63, 3.8) is 0 Å². The normalized spacial score (nSPS) is 19.9. The van der Waals surface area contributed by atoms with E-state index in [9.17, 15) is 4.79 Å². The van der Waals surface area contributed by atoms with Gasteiger partial charge in [-0.25, -0.2) is 15.0 Å². The molecule has 0 spiro atoms. The van der Waals surface area contributed by atoms with Crippen LogP contribution in [0.25, 0.3) is 0 Å². The van der Waals surface area contributed by atoms with Gasteiger partial charge in [0.15, 0.2) is 0 Å². The standard InChI is InChI=1S/C21H22N6O2S/c28-20(15-25-8-10-26(11-9-25)21-22-6-3-7-23-21)27-17(19-5-2-13-30-19)14-16(24-27)18-4-1-12-29-18/h1-7,12-13,17H,8-11,14-15H2/t17-/m0/s1.